The molecule has 4 heteroatoms. The fourth-order valence-corrected chi connectivity index (χ4v) is 1.26. The molecule has 0 saturated heterocycles. The van der Waals surface area contributed by atoms with E-state index < -0.39 is 6.10 Å². The van der Waals surface area contributed by atoms with Gasteiger partial charge in [-0.3, -0.25) is 4.79 Å². The van der Waals surface area contributed by atoms with E-state index >= 15 is 0 Å². The van der Waals surface area contributed by atoms with Crippen molar-refractivity contribution < 1.29 is 9.90 Å². The summed E-state index contributed by atoms with van der Waals surface area (Å²) in [4.78, 5) is 10.8. The van der Waals surface area contributed by atoms with Crippen LogP contribution in [0.4, 0.5) is 0 Å². The van der Waals surface area contributed by atoms with Crippen molar-refractivity contribution in [1.29, 1.82) is 0 Å². The van der Waals surface area contributed by atoms with Crippen LogP contribution in [0.25, 0.3) is 0 Å². The van der Waals surface area contributed by atoms with Gasteiger partial charge in [-0.1, -0.05) is 30.3 Å². The molecule has 15 heavy (non-hydrogen) atoms. The first-order chi connectivity index (χ1) is 7.22. The van der Waals surface area contributed by atoms with Gasteiger partial charge >= 0.3 is 0 Å². The predicted octanol–water partition coefficient (Wildman–Crippen LogP) is -0.335. The Morgan fingerprint density at radius 1 is 1.40 bits per heavy atom. The van der Waals surface area contributed by atoms with Gasteiger partial charge in [0.2, 0.25) is 5.91 Å². The summed E-state index contributed by atoms with van der Waals surface area (Å²) in [5.74, 6) is -0.248. The molecular formula is C11H16N2O2. The van der Waals surface area contributed by atoms with E-state index in [0.717, 1.165) is 5.56 Å². The van der Waals surface area contributed by atoms with Gasteiger partial charge in [0.05, 0.1) is 12.6 Å². The number of rotatable bonds is 5. The van der Waals surface area contributed by atoms with Gasteiger partial charge in [0.15, 0.2) is 0 Å². The van der Waals surface area contributed by atoms with Crippen LogP contribution >= 0.6 is 0 Å². The Kier molecular flexibility index (Phi) is 4.80. The number of nitrogens with one attached hydrogen (secondary N) is 1. The molecule has 0 heterocycles. The Bertz CT molecular complexity index is 301. The Hall–Kier alpha value is -1.39. The normalized spacial score (nSPS) is 12.1. The molecule has 0 spiro atoms. The zero-order chi connectivity index (χ0) is 11.1. The third-order valence-electron chi connectivity index (χ3n) is 2.03. The summed E-state index contributed by atoms with van der Waals surface area (Å²) < 4.78 is 0. The molecule has 1 aromatic carbocycles. The summed E-state index contributed by atoms with van der Waals surface area (Å²) in [7, 11) is 0. The molecule has 4 nitrogen and oxygen atoms in total. The lowest BCUT2D eigenvalue weighted by molar-refractivity contribution is -0.120. The highest BCUT2D eigenvalue weighted by Crippen LogP contribution is 2.02. The monoisotopic (exact) mass is 208 g/mol. The van der Waals surface area contributed by atoms with Crippen molar-refractivity contribution in [2.45, 2.75) is 12.5 Å². The van der Waals surface area contributed by atoms with Crippen LogP contribution in [0.5, 0.6) is 0 Å². The van der Waals surface area contributed by atoms with Crippen molar-refractivity contribution in [3.05, 3.63) is 35.9 Å². The predicted molar refractivity (Wildman–Crippen MR) is 58.2 cm³/mol. The minimum atomic E-state index is -0.567. The first-order valence-corrected chi connectivity index (χ1v) is 4.91. The topological polar surface area (TPSA) is 75.4 Å². The van der Waals surface area contributed by atoms with Gasteiger partial charge in [-0.25, -0.2) is 0 Å². The van der Waals surface area contributed by atoms with Crippen LogP contribution in [0.2, 0.25) is 0 Å². The second-order valence-corrected chi connectivity index (χ2v) is 3.35. The van der Waals surface area contributed by atoms with E-state index in [4.69, 9.17) is 5.73 Å². The summed E-state index contributed by atoms with van der Waals surface area (Å²) in [6.45, 7) is 0.197. The first-order valence-electron chi connectivity index (χ1n) is 4.91. The standard InChI is InChI=1S/C11H16N2O2/c12-7-11(15)13-8-10(14)6-9-4-2-1-3-5-9/h1-5,10,14H,6-8,12H2,(H,13,15). The molecule has 0 radical (unpaired) electrons. The lowest BCUT2D eigenvalue weighted by Gasteiger charge is -2.11. The number of carbonyl (C=O) groups excluding carboxylic acids is 1. The summed E-state index contributed by atoms with van der Waals surface area (Å²) in [5, 5.41) is 12.1. The minimum Gasteiger partial charge on any atom is -0.391 e. The average Bonchev–Trinajstić information content (AvgIpc) is 2.27. The summed E-state index contributed by atoms with van der Waals surface area (Å²) in [6.07, 6.45) is -0.0333. The SMILES string of the molecule is NCC(=O)NCC(O)Cc1ccccc1. The zero-order valence-electron chi connectivity index (χ0n) is 8.52. The number of aliphatic hydroxyl groups excluding tert-OH is 1. The van der Waals surface area contributed by atoms with E-state index in [2.05, 4.69) is 5.32 Å². The second-order valence-electron chi connectivity index (χ2n) is 3.35. The third kappa shape index (κ3) is 4.58. The first kappa shape index (κ1) is 11.7. The third-order valence-corrected chi connectivity index (χ3v) is 2.03. The van der Waals surface area contributed by atoms with E-state index in [1.165, 1.54) is 0 Å². The summed E-state index contributed by atoms with van der Waals surface area (Å²) >= 11 is 0. The lowest BCUT2D eigenvalue weighted by atomic mass is 10.1. The van der Waals surface area contributed by atoms with Crippen LogP contribution in [-0.2, 0) is 11.2 Å². The number of carbonyl (C=O) groups is 1. The van der Waals surface area contributed by atoms with Gasteiger partial charge in [0.1, 0.15) is 0 Å². The fraction of sp³-hybridized carbons (Fsp3) is 0.364. The van der Waals surface area contributed by atoms with Crippen LogP contribution in [0, 0.1) is 0 Å². The fourth-order valence-electron chi connectivity index (χ4n) is 1.26. The van der Waals surface area contributed by atoms with E-state index in [9.17, 15) is 9.90 Å². The number of hydrogen-bond donors (Lipinski definition) is 3. The minimum absolute atomic E-state index is 0.0436. The highest BCUT2D eigenvalue weighted by atomic mass is 16.3. The second kappa shape index (κ2) is 6.16. The van der Waals surface area contributed by atoms with Gasteiger partial charge in [0.25, 0.3) is 0 Å². The molecule has 1 aromatic rings. The number of benzene rings is 1. The number of hydrogen-bond acceptors (Lipinski definition) is 3. The molecule has 1 atom stereocenters. The Balaban J connectivity index is 2.30. The van der Waals surface area contributed by atoms with Crippen molar-refractivity contribution in [3.63, 3.8) is 0 Å². The van der Waals surface area contributed by atoms with Crippen molar-refractivity contribution in [2.75, 3.05) is 13.1 Å². The van der Waals surface area contributed by atoms with Crippen LogP contribution < -0.4 is 11.1 Å². The maximum atomic E-state index is 10.8. The Labute approximate surface area is 89.1 Å². The van der Waals surface area contributed by atoms with Gasteiger partial charge in [0, 0.05) is 13.0 Å². The molecule has 82 valence electrons. The summed E-state index contributed by atoms with van der Waals surface area (Å²) in [5.41, 5.74) is 6.17. The van der Waals surface area contributed by atoms with Crippen molar-refractivity contribution in [3.8, 4) is 0 Å². The maximum Gasteiger partial charge on any atom is 0.233 e. The highest BCUT2D eigenvalue weighted by molar-refractivity contribution is 5.77. The molecule has 0 saturated carbocycles. The van der Waals surface area contributed by atoms with Crippen molar-refractivity contribution in [2.24, 2.45) is 5.73 Å². The average molecular weight is 208 g/mol. The largest absolute Gasteiger partial charge is 0.391 e. The number of nitrogens with two attached hydrogens (primary N) is 1. The van der Waals surface area contributed by atoms with Crippen LogP contribution in [0.3, 0.4) is 0 Å². The van der Waals surface area contributed by atoms with Crippen molar-refractivity contribution in [1.82, 2.24) is 5.32 Å². The van der Waals surface area contributed by atoms with Gasteiger partial charge in [-0.15, -0.1) is 0 Å². The quantitative estimate of drug-likeness (QED) is 0.620. The number of aliphatic hydroxyl groups is 1. The van der Waals surface area contributed by atoms with Crippen molar-refractivity contribution >= 4 is 5.91 Å². The molecule has 0 aromatic heterocycles. The highest BCUT2D eigenvalue weighted by Gasteiger charge is 2.06. The molecular weight excluding hydrogens is 192 g/mol. The molecule has 1 unspecified atom stereocenters. The molecule has 1 rings (SSSR count). The lowest BCUT2D eigenvalue weighted by Crippen LogP contribution is -2.36. The summed E-state index contributed by atoms with van der Waals surface area (Å²) in [6, 6.07) is 9.63. The molecule has 0 aliphatic carbocycles. The molecule has 4 N–H and O–H groups in total. The molecule has 1 amide bonds. The van der Waals surface area contributed by atoms with E-state index in [1.54, 1.807) is 0 Å². The van der Waals surface area contributed by atoms with Crippen LogP contribution in [0.15, 0.2) is 30.3 Å². The van der Waals surface area contributed by atoms with Gasteiger partial charge in [-0.05, 0) is 5.56 Å². The zero-order valence-corrected chi connectivity index (χ0v) is 8.52. The Morgan fingerprint density at radius 2 is 2.07 bits per heavy atom. The molecule has 0 aliphatic rings. The maximum absolute atomic E-state index is 10.8. The van der Waals surface area contributed by atoms with E-state index in [0.29, 0.717) is 6.42 Å². The van der Waals surface area contributed by atoms with Gasteiger partial charge < -0.3 is 16.2 Å². The molecule has 0 fully saturated rings. The molecule has 0 aliphatic heterocycles. The Morgan fingerprint density at radius 3 is 2.67 bits per heavy atom. The van der Waals surface area contributed by atoms with Crippen LogP contribution in [0.1, 0.15) is 5.56 Å². The number of amides is 1. The molecule has 0 bridgehead atoms. The van der Waals surface area contributed by atoms with Gasteiger partial charge in [-0.2, -0.15) is 0 Å². The van der Waals surface area contributed by atoms with E-state index in [1.807, 2.05) is 30.3 Å². The van der Waals surface area contributed by atoms with Crippen LogP contribution in [-0.4, -0.2) is 30.2 Å². The van der Waals surface area contributed by atoms with E-state index in [-0.39, 0.29) is 19.0 Å². The smallest absolute Gasteiger partial charge is 0.233 e.